The molecular weight excluding hydrogens is 418 g/mol. The molecule has 168 valence electrons. The minimum atomic E-state index is -2.80. The lowest BCUT2D eigenvalue weighted by atomic mass is 10.1. The van der Waals surface area contributed by atoms with E-state index in [0.29, 0.717) is 49.8 Å². The third-order valence-corrected chi connectivity index (χ3v) is 7.79. The predicted octanol–water partition coefficient (Wildman–Crippen LogP) is 3.49. The van der Waals surface area contributed by atoms with Gasteiger partial charge in [0.05, 0.1) is 18.9 Å². The molecule has 1 aliphatic carbocycles. The molecule has 2 fully saturated rings. The molecule has 0 spiro atoms. The fourth-order valence-corrected chi connectivity index (χ4v) is 5.12. The average molecular weight is 448 g/mol. The van der Waals surface area contributed by atoms with Crippen molar-refractivity contribution in [2.75, 3.05) is 49.3 Å². The van der Waals surface area contributed by atoms with Crippen LogP contribution in [-0.4, -0.2) is 64.2 Å². The largest absolute Gasteiger partial charge is 0.378 e. The molecule has 0 bridgehead atoms. The zero-order chi connectivity index (χ0) is 22.1. The number of benzene rings is 1. The van der Waals surface area contributed by atoms with Gasteiger partial charge in [-0.3, -0.25) is 9.11 Å². The van der Waals surface area contributed by atoms with Crippen LogP contribution >= 0.6 is 10.6 Å². The number of anilines is 2. The average Bonchev–Trinajstić information content (AvgIpc) is 3.57. The van der Waals surface area contributed by atoms with E-state index in [1.165, 1.54) is 6.26 Å². The van der Waals surface area contributed by atoms with Gasteiger partial charge in [0.2, 0.25) is 0 Å². The Kier molecular flexibility index (Phi) is 6.07. The van der Waals surface area contributed by atoms with E-state index in [1.807, 2.05) is 25.1 Å². The minimum Gasteiger partial charge on any atom is -0.378 e. The summed E-state index contributed by atoms with van der Waals surface area (Å²) in [5.74, 6) is 1.29. The lowest BCUT2D eigenvalue weighted by Gasteiger charge is -2.37. The summed E-state index contributed by atoms with van der Waals surface area (Å²) in [6.45, 7) is 5.11. The Morgan fingerprint density at radius 3 is 2.45 bits per heavy atom. The molecule has 2 aliphatic rings. The molecule has 2 heterocycles. The molecule has 1 saturated heterocycles. The third-order valence-electron chi connectivity index (χ3n) is 5.70. The molecule has 4 N–H and O–H groups in total. The van der Waals surface area contributed by atoms with Gasteiger partial charge in [-0.2, -0.15) is 10.6 Å². The molecule has 1 aromatic carbocycles. The van der Waals surface area contributed by atoms with Crippen molar-refractivity contribution in [3.8, 4) is 11.4 Å². The van der Waals surface area contributed by atoms with Gasteiger partial charge in [-0.1, -0.05) is 0 Å². The van der Waals surface area contributed by atoms with Crippen molar-refractivity contribution >= 4 is 28.1 Å². The zero-order valence-electron chi connectivity index (χ0n) is 17.8. The Balaban J connectivity index is 1.68. The van der Waals surface area contributed by atoms with E-state index in [-0.39, 0.29) is 6.03 Å². The van der Waals surface area contributed by atoms with Crippen LogP contribution in [0.25, 0.3) is 11.4 Å². The van der Waals surface area contributed by atoms with E-state index < -0.39 is 15.3 Å². The number of hydrogen-bond donors (Lipinski definition) is 4. The van der Waals surface area contributed by atoms with Gasteiger partial charge in [0.1, 0.15) is 10.6 Å². The summed E-state index contributed by atoms with van der Waals surface area (Å²) in [5.41, 5.74) is 2.13. The van der Waals surface area contributed by atoms with Crippen LogP contribution in [0.2, 0.25) is 0 Å². The highest BCUT2D eigenvalue weighted by Crippen LogP contribution is 2.69. The van der Waals surface area contributed by atoms with Crippen LogP contribution in [0.15, 0.2) is 30.3 Å². The molecule has 9 nitrogen and oxygen atoms in total. The first-order chi connectivity index (χ1) is 14.8. The lowest BCUT2D eigenvalue weighted by Crippen LogP contribution is -2.37. The van der Waals surface area contributed by atoms with Crippen molar-refractivity contribution in [3.63, 3.8) is 0 Å². The molecule has 0 unspecified atom stereocenters. The number of carbonyl (C=O) groups excluding carboxylic acids is 1. The minimum absolute atomic E-state index is 0.257. The number of aromatic nitrogens is 2. The summed E-state index contributed by atoms with van der Waals surface area (Å²) in [6.07, 6.45) is 2.89. The fraction of sp³-hybridized carbons (Fsp3) is 0.476. The van der Waals surface area contributed by atoms with E-state index in [2.05, 4.69) is 15.5 Å². The van der Waals surface area contributed by atoms with Crippen molar-refractivity contribution in [3.05, 3.63) is 36.0 Å². The lowest BCUT2D eigenvalue weighted by molar-refractivity contribution is 0.122. The first-order valence-electron chi connectivity index (χ1n) is 10.4. The molecule has 31 heavy (non-hydrogen) atoms. The van der Waals surface area contributed by atoms with Gasteiger partial charge in [0, 0.05) is 43.2 Å². The summed E-state index contributed by atoms with van der Waals surface area (Å²) in [5, 5.41) is 5.47. The highest BCUT2D eigenvalue weighted by atomic mass is 32.3. The normalized spacial score (nSPS) is 18.4. The van der Waals surface area contributed by atoms with Gasteiger partial charge in [0.25, 0.3) is 0 Å². The van der Waals surface area contributed by atoms with E-state index in [1.54, 1.807) is 12.1 Å². The predicted molar refractivity (Wildman–Crippen MR) is 123 cm³/mol. The molecule has 4 rings (SSSR count). The molecule has 10 heteroatoms. The SMILES string of the molecule is CCNC(=O)Nc1ccc(-c2nc(N3CCOCC3)cc(C3(S(C)(O)O)CC3)n2)cc1. The van der Waals surface area contributed by atoms with Crippen molar-refractivity contribution < 1.29 is 18.6 Å². The van der Waals surface area contributed by atoms with Crippen LogP contribution in [-0.2, 0) is 9.48 Å². The van der Waals surface area contributed by atoms with E-state index in [0.717, 1.165) is 24.5 Å². The van der Waals surface area contributed by atoms with Crippen molar-refractivity contribution in [1.29, 1.82) is 0 Å². The van der Waals surface area contributed by atoms with Gasteiger partial charge >= 0.3 is 6.03 Å². The standard InChI is InChI=1S/C21H29N5O4S/c1-3-22-20(27)23-16-6-4-15(5-7-16)19-24-17(21(8-9-21)31(2,28)29)14-18(25-19)26-10-12-30-13-11-26/h4-7,14,28-29H,3,8-13H2,1-2H3,(H2,22,23,27). The summed E-state index contributed by atoms with van der Waals surface area (Å²) >= 11 is 0. The number of morpholine rings is 1. The quantitative estimate of drug-likeness (QED) is 0.535. The monoisotopic (exact) mass is 447 g/mol. The summed E-state index contributed by atoms with van der Waals surface area (Å²) < 4.78 is 25.7. The van der Waals surface area contributed by atoms with Crippen molar-refractivity contribution in [2.45, 2.75) is 24.5 Å². The third kappa shape index (κ3) is 4.62. The highest BCUT2D eigenvalue weighted by Gasteiger charge is 2.55. The Bertz CT molecular complexity index is 938. The topological polar surface area (TPSA) is 120 Å². The second-order valence-corrected chi connectivity index (χ2v) is 10.4. The Morgan fingerprint density at radius 1 is 1.19 bits per heavy atom. The number of rotatable bonds is 6. The molecule has 0 radical (unpaired) electrons. The van der Waals surface area contributed by atoms with E-state index in [4.69, 9.17) is 14.7 Å². The molecule has 1 aromatic heterocycles. The van der Waals surface area contributed by atoms with Gasteiger partial charge < -0.3 is 20.3 Å². The van der Waals surface area contributed by atoms with Crippen molar-refractivity contribution in [1.82, 2.24) is 15.3 Å². The number of hydrogen-bond acceptors (Lipinski definition) is 7. The highest BCUT2D eigenvalue weighted by molar-refractivity contribution is 8.24. The van der Waals surface area contributed by atoms with Gasteiger partial charge in [-0.05, 0) is 44.0 Å². The van der Waals surface area contributed by atoms with Crippen LogP contribution in [0.1, 0.15) is 25.5 Å². The molecular formula is C21H29N5O4S. The Morgan fingerprint density at radius 2 is 1.87 bits per heavy atom. The first-order valence-corrected chi connectivity index (χ1v) is 12.4. The molecule has 1 saturated carbocycles. The van der Waals surface area contributed by atoms with Crippen LogP contribution in [0, 0.1) is 0 Å². The van der Waals surface area contributed by atoms with Gasteiger partial charge in [-0.25, -0.2) is 14.8 Å². The van der Waals surface area contributed by atoms with Crippen LogP contribution in [0.4, 0.5) is 16.3 Å². The number of urea groups is 1. The maximum absolute atomic E-state index is 11.7. The molecule has 2 aromatic rings. The summed E-state index contributed by atoms with van der Waals surface area (Å²) in [7, 11) is -2.80. The Hall–Kier alpha value is -2.40. The van der Waals surface area contributed by atoms with Crippen LogP contribution in [0.5, 0.6) is 0 Å². The smallest absolute Gasteiger partial charge is 0.319 e. The van der Waals surface area contributed by atoms with E-state index >= 15 is 0 Å². The Labute approximate surface area is 183 Å². The number of nitrogens with one attached hydrogen (secondary N) is 2. The molecule has 2 amide bonds. The van der Waals surface area contributed by atoms with Gasteiger partial charge in [0.15, 0.2) is 5.82 Å². The number of carbonyl (C=O) groups is 1. The number of nitrogens with zero attached hydrogens (tertiary/aromatic N) is 3. The first kappa shape index (κ1) is 21.8. The molecule has 0 atom stereocenters. The summed E-state index contributed by atoms with van der Waals surface area (Å²) in [6, 6.07) is 8.95. The van der Waals surface area contributed by atoms with E-state index in [9.17, 15) is 13.9 Å². The van der Waals surface area contributed by atoms with Crippen LogP contribution in [0.3, 0.4) is 0 Å². The summed E-state index contributed by atoms with van der Waals surface area (Å²) in [4.78, 5) is 23.4. The van der Waals surface area contributed by atoms with Gasteiger partial charge in [-0.15, -0.1) is 0 Å². The molecule has 1 aliphatic heterocycles. The zero-order valence-corrected chi connectivity index (χ0v) is 18.6. The number of amides is 2. The fourth-order valence-electron chi connectivity index (χ4n) is 3.74. The van der Waals surface area contributed by atoms with Crippen molar-refractivity contribution in [2.24, 2.45) is 0 Å². The van der Waals surface area contributed by atoms with Crippen LogP contribution < -0.4 is 15.5 Å². The second-order valence-electron chi connectivity index (χ2n) is 7.92. The second kappa shape index (κ2) is 8.62. The maximum atomic E-state index is 11.7. The number of ether oxygens (including phenoxy) is 1. The maximum Gasteiger partial charge on any atom is 0.319 e.